The molecule has 1 aliphatic carbocycles. The van der Waals surface area contributed by atoms with Crippen molar-refractivity contribution in [1.82, 2.24) is 0 Å². The second kappa shape index (κ2) is 11.8. The SMILES string of the molecule is CC(C)=CCC1CC(=O)C(C(=O)CC(C)C)=C1O.COCC=C(C)C. The first-order chi connectivity index (χ1) is 11.6. The maximum absolute atomic E-state index is 11.9. The van der Waals surface area contributed by atoms with Gasteiger partial charge in [0, 0.05) is 25.9 Å². The number of Topliss-reactive ketones (excluding diaryl/α,β-unsaturated/α-hetero) is 2. The van der Waals surface area contributed by atoms with Gasteiger partial charge in [-0.15, -0.1) is 0 Å². The summed E-state index contributed by atoms with van der Waals surface area (Å²) in [6.07, 6.45) is 5.23. The Morgan fingerprint density at radius 1 is 1.20 bits per heavy atom. The second-order valence-corrected chi connectivity index (χ2v) is 7.36. The summed E-state index contributed by atoms with van der Waals surface area (Å²) in [4.78, 5) is 23.7. The zero-order valence-corrected chi connectivity index (χ0v) is 16.8. The molecule has 0 amide bonds. The van der Waals surface area contributed by atoms with E-state index in [0.717, 1.165) is 12.2 Å². The molecule has 0 spiro atoms. The zero-order chi connectivity index (χ0) is 19.6. The van der Waals surface area contributed by atoms with Gasteiger partial charge in [-0.05, 0) is 40.0 Å². The lowest BCUT2D eigenvalue weighted by molar-refractivity contribution is -0.121. The van der Waals surface area contributed by atoms with E-state index in [4.69, 9.17) is 4.74 Å². The number of rotatable bonds is 7. The number of ether oxygens (including phenoxy) is 1. The van der Waals surface area contributed by atoms with Crippen molar-refractivity contribution in [2.45, 2.75) is 60.8 Å². The van der Waals surface area contributed by atoms with Crippen LogP contribution in [0.2, 0.25) is 0 Å². The molecule has 0 heterocycles. The first-order valence-corrected chi connectivity index (χ1v) is 8.85. The first-order valence-electron chi connectivity index (χ1n) is 8.85. The standard InChI is InChI=1S/C15H22O3.C6H12O/c1-9(2)5-6-11-8-13(17)14(15(11)18)12(16)7-10(3)4;1-6(2)4-5-7-3/h5,10-11,18H,6-8H2,1-4H3;4H,5H2,1-3H3. The summed E-state index contributed by atoms with van der Waals surface area (Å²) in [6.45, 7) is 12.6. The Labute approximate surface area is 152 Å². The van der Waals surface area contributed by atoms with E-state index in [-0.39, 0.29) is 41.2 Å². The van der Waals surface area contributed by atoms with Gasteiger partial charge >= 0.3 is 0 Å². The minimum Gasteiger partial charge on any atom is -0.511 e. The average Bonchev–Trinajstić information content (AvgIpc) is 2.77. The summed E-state index contributed by atoms with van der Waals surface area (Å²) in [5.74, 6) is -0.429. The third-order valence-corrected chi connectivity index (χ3v) is 3.69. The van der Waals surface area contributed by atoms with Gasteiger partial charge in [0.05, 0.1) is 12.2 Å². The van der Waals surface area contributed by atoms with E-state index in [2.05, 4.69) is 13.8 Å². The van der Waals surface area contributed by atoms with Crippen LogP contribution >= 0.6 is 0 Å². The van der Waals surface area contributed by atoms with Crippen LogP contribution in [0.25, 0.3) is 0 Å². The van der Waals surface area contributed by atoms with E-state index in [1.807, 2.05) is 39.8 Å². The molecule has 1 aliphatic rings. The Morgan fingerprint density at radius 3 is 2.16 bits per heavy atom. The Balaban J connectivity index is 0.000000697. The summed E-state index contributed by atoms with van der Waals surface area (Å²) in [5.41, 5.74) is 2.51. The Kier molecular flexibility index (Phi) is 11.0. The van der Waals surface area contributed by atoms with Crippen LogP contribution in [-0.4, -0.2) is 30.4 Å². The van der Waals surface area contributed by atoms with Gasteiger partial charge in [0.1, 0.15) is 5.76 Å². The maximum atomic E-state index is 11.9. The predicted molar refractivity (Wildman–Crippen MR) is 103 cm³/mol. The van der Waals surface area contributed by atoms with Crippen LogP contribution in [0.5, 0.6) is 0 Å². The Bertz CT molecular complexity index is 542. The van der Waals surface area contributed by atoms with E-state index in [0.29, 0.717) is 12.8 Å². The van der Waals surface area contributed by atoms with Gasteiger partial charge in [0.15, 0.2) is 11.6 Å². The van der Waals surface area contributed by atoms with Gasteiger partial charge < -0.3 is 9.84 Å². The molecule has 1 rings (SSSR count). The van der Waals surface area contributed by atoms with Crippen molar-refractivity contribution < 1.29 is 19.4 Å². The number of hydrogen-bond donors (Lipinski definition) is 1. The van der Waals surface area contributed by atoms with Crippen molar-refractivity contribution in [1.29, 1.82) is 0 Å². The van der Waals surface area contributed by atoms with E-state index in [9.17, 15) is 14.7 Å². The molecule has 4 heteroatoms. The van der Waals surface area contributed by atoms with Crippen molar-refractivity contribution in [2.24, 2.45) is 11.8 Å². The minimum absolute atomic E-state index is 0.00292. The topological polar surface area (TPSA) is 63.6 Å². The van der Waals surface area contributed by atoms with E-state index in [1.54, 1.807) is 7.11 Å². The van der Waals surface area contributed by atoms with Gasteiger partial charge in [-0.1, -0.05) is 37.1 Å². The summed E-state index contributed by atoms with van der Waals surface area (Å²) < 4.78 is 4.78. The first kappa shape index (κ1) is 23.3. The van der Waals surface area contributed by atoms with Gasteiger partial charge in [-0.2, -0.15) is 0 Å². The van der Waals surface area contributed by atoms with E-state index < -0.39 is 0 Å². The number of hydrogen-bond acceptors (Lipinski definition) is 4. The van der Waals surface area contributed by atoms with Crippen molar-refractivity contribution in [2.75, 3.05) is 13.7 Å². The molecule has 0 radical (unpaired) electrons. The molecule has 0 aromatic carbocycles. The van der Waals surface area contributed by atoms with Crippen molar-refractivity contribution in [3.63, 3.8) is 0 Å². The quantitative estimate of drug-likeness (QED) is 0.521. The molecule has 0 aromatic heterocycles. The fourth-order valence-electron chi connectivity index (χ4n) is 2.36. The molecule has 1 atom stereocenters. The van der Waals surface area contributed by atoms with Crippen LogP contribution in [0.3, 0.4) is 0 Å². The lowest BCUT2D eigenvalue weighted by Crippen LogP contribution is -2.12. The van der Waals surface area contributed by atoms with Gasteiger partial charge in [-0.25, -0.2) is 0 Å². The highest BCUT2D eigenvalue weighted by atomic mass is 16.5. The smallest absolute Gasteiger partial charge is 0.170 e. The molecule has 1 N–H and O–H groups in total. The highest BCUT2D eigenvalue weighted by Crippen LogP contribution is 2.32. The number of methoxy groups -OCH3 is 1. The van der Waals surface area contributed by atoms with E-state index in [1.165, 1.54) is 5.57 Å². The van der Waals surface area contributed by atoms with Gasteiger partial charge in [0.25, 0.3) is 0 Å². The zero-order valence-electron chi connectivity index (χ0n) is 16.8. The van der Waals surface area contributed by atoms with Crippen molar-refractivity contribution in [3.05, 3.63) is 34.6 Å². The van der Waals surface area contributed by atoms with Crippen molar-refractivity contribution >= 4 is 11.6 Å². The third kappa shape index (κ3) is 9.40. The lowest BCUT2D eigenvalue weighted by atomic mass is 10.00. The lowest BCUT2D eigenvalue weighted by Gasteiger charge is -2.07. The monoisotopic (exact) mass is 350 g/mol. The fraction of sp³-hybridized carbons (Fsp3) is 0.619. The number of carbonyl (C=O) groups is 2. The molecular formula is C21H34O4. The number of aliphatic hydroxyl groups is 1. The number of aliphatic hydroxyl groups excluding tert-OH is 1. The molecular weight excluding hydrogens is 316 g/mol. The summed E-state index contributed by atoms with van der Waals surface area (Å²) >= 11 is 0. The van der Waals surface area contributed by atoms with Gasteiger partial charge in [-0.3, -0.25) is 9.59 Å². The van der Waals surface area contributed by atoms with Crippen LogP contribution in [0, 0.1) is 11.8 Å². The van der Waals surface area contributed by atoms with Gasteiger partial charge in [0.2, 0.25) is 0 Å². The van der Waals surface area contributed by atoms with Crippen LogP contribution in [-0.2, 0) is 14.3 Å². The Hall–Kier alpha value is -1.68. The van der Waals surface area contributed by atoms with E-state index >= 15 is 0 Å². The molecule has 4 nitrogen and oxygen atoms in total. The molecule has 0 saturated carbocycles. The van der Waals surface area contributed by atoms with Crippen LogP contribution in [0.15, 0.2) is 34.6 Å². The molecule has 0 fully saturated rings. The van der Waals surface area contributed by atoms with Crippen LogP contribution in [0.4, 0.5) is 0 Å². The highest BCUT2D eigenvalue weighted by Gasteiger charge is 2.35. The molecule has 0 aromatic rings. The molecule has 0 bridgehead atoms. The second-order valence-electron chi connectivity index (χ2n) is 7.36. The predicted octanol–water partition coefficient (Wildman–Crippen LogP) is 4.96. The molecule has 1 unspecified atom stereocenters. The summed E-state index contributed by atoms with van der Waals surface area (Å²) in [7, 11) is 1.69. The van der Waals surface area contributed by atoms with Crippen LogP contribution in [0.1, 0.15) is 60.8 Å². The minimum atomic E-state index is -0.216. The summed E-state index contributed by atoms with van der Waals surface area (Å²) in [5, 5.41) is 10.0. The maximum Gasteiger partial charge on any atom is 0.170 e. The highest BCUT2D eigenvalue weighted by molar-refractivity contribution is 6.22. The molecule has 142 valence electrons. The number of carbonyl (C=O) groups excluding carboxylic acids is 2. The third-order valence-electron chi connectivity index (χ3n) is 3.69. The molecule has 25 heavy (non-hydrogen) atoms. The number of allylic oxidation sites excluding steroid dienone is 5. The molecule has 0 saturated heterocycles. The fourth-order valence-corrected chi connectivity index (χ4v) is 2.36. The molecule has 0 aliphatic heterocycles. The normalized spacial score (nSPS) is 16.5. The largest absolute Gasteiger partial charge is 0.511 e. The Morgan fingerprint density at radius 2 is 1.76 bits per heavy atom. The number of ketones is 2. The summed E-state index contributed by atoms with van der Waals surface area (Å²) in [6, 6.07) is 0. The average molecular weight is 350 g/mol. The van der Waals surface area contributed by atoms with Crippen molar-refractivity contribution in [3.8, 4) is 0 Å². The van der Waals surface area contributed by atoms with Crippen LogP contribution < -0.4 is 0 Å².